The fourth-order valence-electron chi connectivity index (χ4n) is 3.85. The quantitative estimate of drug-likeness (QED) is 0.787. The Bertz CT molecular complexity index is 920. The van der Waals surface area contributed by atoms with E-state index < -0.39 is 0 Å². The lowest BCUT2D eigenvalue weighted by atomic mass is 10.0. The molecular weight excluding hydrogens is 366 g/mol. The van der Waals surface area contributed by atoms with Crippen LogP contribution in [0.3, 0.4) is 0 Å². The summed E-state index contributed by atoms with van der Waals surface area (Å²) in [4.78, 5) is 26.5. The summed E-state index contributed by atoms with van der Waals surface area (Å²) in [7, 11) is 0. The van der Waals surface area contributed by atoms with Gasteiger partial charge in [0, 0.05) is 38.3 Å². The highest BCUT2D eigenvalue weighted by Gasteiger charge is 2.18. The molecule has 0 unspecified atom stereocenters. The number of rotatable bonds is 6. The maximum atomic E-state index is 12.5. The topological polar surface area (TPSA) is 70.7 Å². The molecule has 1 saturated heterocycles. The second-order valence-corrected chi connectivity index (χ2v) is 7.78. The predicted octanol–water partition coefficient (Wildman–Crippen LogP) is 1.93. The van der Waals surface area contributed by atoms with Crippen LogP contribution in [-0.4, -0.2) is 43.0 Å². The number of hydrogen-bond donors (Lipinski definition) is 2. The molecule has 2 aliphatic heterocycles. The molecule has 0 atom stereocenters. The van der Waals surface area contributed by atoms with Crippen molar-refractivity contribution in [1.29, 1.82) is 0 Å². The summed E-state index contributed by atoms with van der Waals surface area (Å²) >= 11 is 0. The highest BCUT2D eigenvalue weighted by molar-refractivity contribution is 5.98. The van der Waals surface area contributed by atoms with Gasteiger partial charge in [0.1, 0.15) is 0 Å². The van der Waals surface area contributed by atoms with Crippen LogP contribution >= 0.6 is 0 Å². The zero-order valence-electron chi connectivity index (χ0n) is 16.8. The Morgan fingerprint density at radius 1 is 1.14 bits per heavy atom. The number of aryl methyl sites for hydroxylation is 1. The van der Waals surface area contributed by atoms with E-state index in [0.717, 1.165) is 55.1 Å². The Kier molecular flexibility index (Phi) is 5.92. The normalized spacial score (nSPS) is 16.4. The molecule has 2 N–H and O–H groups in total. The molecule has 1 fully saturated rings. The van der Waals surface area contributed by atoms with Crippen molar-refractivity contribution >= 4 is 11.8 Å². The Morgan fingerprint density at radius 2 is 1.93 bits per heavy atom. The van der Waals surface area contributed by atoms with Gasteiger partial charge in [0.2, 0.25) is 5.91 Å². The molecule has 4 rings (SSSR count). The van der Waals surface area contributed by atoms with Crippen molar-refractivity contribution in [3.05, 3.63) is 69.8 Å². The van der Waals surface area contributed by atoms with Crippen LogP contribution in [-0.2, 0) is 35.6 Å². The van der Waals surface area contributed by atoms with Crippen LogP contribution in [0.1, 0.15) is 38.2 Å². The molecule has 0 bridgehead atoms. The average molecular weight is 393 g/mol. The van der Waals surface area contributed by atoms with Crippen LogP contribution < -0.4 is 10.6 Å². The maximum absolute atomic E-state index is 12.5. The van der Waals surface area contributed by atoms with Crippen LogP contribution in [0.5, 0.6) is 0 Å². The first-order valence-electron chi connectivity index (χ1n) is 10.1. The summed E-state index contributed by atoms with van der Waals surface area (Å²) in [6.45, 7) is 7.51. The molecule has 152 valence electrons. The third-order valence-electron chi connectivity index (χ3n) is 5.62. The lowest BCUT2D eigenvalue weighted by Gasteiger charge is -2.27. The van der Waals surface area contributed by atoms with Gasteiger partial charge in [0.25, 0.3) is 5.91 Å². The van der Waals surface area contributed by atoms with E-state index in [1.807, 2.05) is 24.3 Å². The fraction of sp³-hybridized carbons (Fsp3) is 0.391. The summed E-state index contributed by atoms with van der Waals surface area (Å²) < 4.78 is 5.42. The largest absolute Gasteiger partial charge is 0.379 e. The second kappa shape index (κ2) is 8.76. The molecule has 0 radical (unpaired) electrons. The Balaban J connectivity index is 1.33. The van der Waals surface area contributed by atoms with Crippen LogP contribution in [0, 0.1) is 6.92 Å². The van der Waals surface area contributed by atoms with E-state index in [-0.39, 0.29) is 11.8 Å². The molecule has 2 amide bonds. The minimum absolute atomic E-state index is 0.000811. The number of carbonyl (C=O) groups excluding carboxylic acids is 2. The van der Waals surface area contributed by atoms with Gasteiger partial charge < -0.3 is 15.4 Å². The Hall–Kier alpha value is -2.70. The number of benzene rings is 2. The number of hydrogen-bond acceptors (Lipinski definition) is 4. The molecule has 29 heavy (non-hydrogen) atoms. The van der Waals surface area contributed by atoms with E-state index in [2.05, 4.69) is 34.6 Å². The molecule has 6 heteroatoms. The van der Waals surface area contributed by atoms with E-state index in [9.17, 15) is 9.59 Å². The van der Waals surface area contributed by atoms with E-state index in [1.54, 1.807) is 0 Å². The van der Waals surface area contributed by atoms with Crippen LogP contribution in [0.15, 0.2) is 36.4 Å². The lowest BCUT2D eigenvalue weighted by Crippen LogP contribution is -2.35. The van der Waals surface area contributed by atoms with E-state index >= 15 is 0 Å². The molecule has 0 aromatic heterocycles. The standard InChI is InChI=1S/C23H27N3O3/c1-16-2-3-17(10-20(16)15-26-6-8-29-9-7-26)12-22(27)24-13-18-4-5-21-19(11-18)14-25-23(21)28/h2-5,10-11H,6-9,12-15H2,1H3,(H,24,27)(H,25,28). The number of amides is 2. The Labute approximate surface area is 171 Å². The monoisotopic (exact) mass is 393 g/mol. The van der Waals surface area contributed by atoms with Crippen molar-refractivity contribution < 1.29 is 14.3 Å². The number of ether oxygens (including phenoxy) is 1. The molecule has 2 aromatic rings. The van der Waals surface area contributed by atoms with Crippen molar-refractivity contribution in [3.63, 3.8) is 0 Å². The zero-order valence-corrected chi connectivity index (χ0v) is 16.8. The third-order valence-corrected chi connectivity index (χ3v) is 5.62. The van der Waals surface area contributed by atoms with Gasteiger partial charge in [-0.15, -0.1) is 0 Å². The summed E-state index contributed by atoms with van der Waals surface area (Å²) in [5.74, 6) is -0.0243. The smallest absolute Gasteiger partial charge is 0.251 e. The minimum atomic E-state index is -0.0251. The first-order valence-corrected chi connectivity index (χ1v) is 10.1. The van der Waals surface area contributed by atoms with E-state index in [4.69, 9.17) is 4.74 Å². The van der Waals surface area contributed by atoms with Gasteiger partial charge in [0.15, 0.2) is 0 Å². The van der Waals surface area contributed by atoms with Crippen LogP contribution in [0.25, 0.3) is 0 Å². The predicted molar refractivity (Wildman–Crippen MR) is 110 cm³/mol. The van der Waals surface area contributed by atoms with Gasteiger partial charge in [-0.3, -0.25) is 14.5 Å². The van der Waals surface area contributed by atoms with Crippen molar-refractivity contribution in [3.8, 4) is 0 Å². The second-order valence-electron chi connectivity index (χ2n) is 7.78. The van der Waals surface area contributed by atoms with E-state index in [0.29, 0.717) is 19.5 Å². The summed E-state index contributed by atoms with van der Waals surface area (Å²) in [5.41, 5.74) is 6.28. The van der Waals surface area contributed by atoms with Gasteiger partial charge in [-0.25, -0.2) is 0 Å². The van der Waals surface area contributed by atoms with Crippen molar-refractivity contribution in [2.24, 2.45) is 0 Å². The van der Waals surface area contributed by atoms with Crippen LogP contribution in [0.4, 0.5) is 0 Å². The molecular formula is C23H27N3O3. The number of nitrogens with one attached hydrogen (secondary N) is 2. The molecule has 0 saturated carbocycles. The third kappa shape index (κ3) is 4.83. The molecule has 6 nitrogen and oxygen atoms in total. The van der Waals surface area contributed by atoms with Crippen molar-refractivity contribution in [2.45, 2.75) is 33.0 Å². The number of fused-ring (bicyclic) bond motifs is 1. The highest BCUT2D eigenvalue weighted by atomic mass is 16.5. The molecule has 2 heterocycles. The molecule has 2 aromatic carbocycles. The van der Waals surface area contributed by atoms with Gasteiger partial charge in [0.05, 0.1) is 19.6 Å². The summed E-state index contributed by atoms with van der Waals surface area (Å²) in [5, 5.41) is 5.81. The SMILES string of the molecule is Cc1ccc(CC(=O)NCc2ccc3c(c2)CNC3=O)cc1CN1CCOCC1. The van der Waals surface area contributed by atoms with Gasteiger partial charge in [-0.1, -0.05) is 30.3 Å². The summed E-state index contributed by atoms with van der Waals surface area (Å²) in [6.07, 6.45) is 0.362. The first-order chi connectivity index (χ1) is 14.1. The zero-order chi connectivity index (χ0) is 20.2. The van der Waals surface area contributed by atoms with Gasteiger partial charge >= 0.3 is 0 Å². The van der Waals surface area contributed by atoms with Gasteiger partial charge in [-0.2, -0.15) is 0 Å². The van der Waals surface area contributed by atoms with Gasteiger partial charge in [-0.05, 0) is 40.8 Å². The first kappa shape index (κ1) is 19.6. The summed E-state index contributed by atoms with van der Waals surface area (Å²) in [6, 6.07) is 12.0. The van der Waals surface area contributed by atoms with Crippen LogP contribution in [0.2, 0.25) is 0 Å². The maximum Gasteiger partial charge on any atom is 0.251 e. The van der Waals surface area contributed by atoms with Crippen molar-refractivity contribution in [2.75, 3.05) is 26.3 Å². The molecule has 0 spiro atoms. The molecule has 2 aliphatic rings. The average Bonchev–Trinajstić information content (AvgIpc) is 3.10. The van der Waals surface area contributed by atoms with Crippen molar-refractivity contribution in [1.82, 2.24) is 15.5 Å². The fourth-order valence-corrected chi connectivity index (χ4v) is 3.85. The number of carbonyl (C=O) groups is 2. The van der Waals surface area contributed by atoms with E-state index in [1.165, 1.54) is 11.1 Å². The minimum Gasteiger partial charge on any atom is -0.379 e. The molecule has 0 aliphatic carbocycles. The lowest BCUT2D eigenvalue weighted by molar-refractivity contribution is -0.120. The number of nitrogens with zero attached hydrogens (tertiary/aromatic N) is 1. The Morgan fingerprint density at radius 3 is 2.76 bits per heavy atom. The highest BCUT2D eigenvalue weighted by Crippen LogP contribution is 2.18. The number of morpholine rings is 1.